The molecule has 0 unspecified atom stereocenters. The number of nitrogens with one attached hydrogen (secondary N) is 2. The van der Waals surface area contributed by atoms with Crippen LogP contribution in [0.15, 0.2) is 22.7 Å². The molecule has 0 saturated heterocycles. The van der Waals surface area contributed by atoms with Crippen molar-refractivity contribution in [3.63, 3.8) is 0 Å². The van der Waals surface area contributed by atoms with Crippen molar-refractivity contribution in [3.8, 4) is 0 Å². The summed E-state index contributed by atoms with van der Waals surface area (Å²) in [5, 5.41) is 5.71. The summed E-state index contributed by atoms with van der Waals surface area (Å²) in [6, 6.07) is 5.51. The maximum Gasteiger partial charge on any atom is 0.221 e. The monoisotopic (exact) mass is 271 g/mol. The lowest BCUT2D eigenvalue weighted by molar-refractivity contribution is -0.120. The summed E-state index contributed by atoms with van der Waals surface area (Å²) in [6.45, 7) is 0.599. The molecule has 0 atom stereocenters. The minimum Gasteiger partial charge on any atom is -0.399 e. The van der Waals surface area contributed by atoms with Crippen molar-refractivity contribution in [1.82, 2.24) is 5.32 Å². The maximum atomic E-state index is 11.0. The van der Waals surface area contributed by atoms with Crippen LogP contribution in [0.5, 0.6) is 0 Å². The molecule has 1 aromatic rings. The van der Waals surface area contributed by atoms with Crippen molar-refractivity contribution in [2.45, 2.75) is 6.42 Å². The number of amides is 1. The molecular weight excluding hydrogens is 258 g/mol. The van der Waals surface area contributed by atoms with Gasteiger partial charge in [-0.15, -0.1) is 0 Å². The zero-order valence-electron chi connectivity index (χ0n) is 8.51. The predicted molar refractivity (Wildman–Crippen MR) is 65.7 cm³/mol. The summed E-state index contributed by atoms with van der Waals surface area (Å²) in [4.78, 5) is 11.0. The van der Waals surface area contributed by atoms with Crippen molar-refractivity contribution in [2.24, 2.45) is 0 Å². The second-order valence-electron chi connectivity index (χ2n) is 3.09. The highest BCUT2D eigenvalue weighted by molar-refractivity contribution is 9.10. The minimum atomic E-state index is 0.0223. The van der Waals surface area contributed by atoms with E-state index in [0.717, 1.165) is 10.2 Å². The van der Waals surface area contributed by atoms with E-state index in [2.05, 4.69) is 26.6 Å². The van der Waals surface area contributed by atoms with Crippen LogP contribution < -0.4 is 16.4 Å². The second-order valence-corrected chi connectivity index (χ2v) is 3.94. The van der Waals surface area contributed by atoms with Crippen LogP contribution in [0.4, 0.5) is 11.4 Å². The number of nitrogens with two attached hydrogens (primary N) is 1. The first-order valence-electron chi connectivity index (χ1n) is 4.63. The Morgan fingerprint density at radius 3 is 2.87 bits per heavy atom. The van der Waals surface area contributed by atoms with E-state index in [1.54, 1.807) is 7.05 Å². The molecule has 0 heterocycles. The molecule has 1 amide bonds. The van der Waals surface area contributed by atoms with Crippen molar-refractivity contribution in [1.29, 1.82) is 0 Å². The van der Waals surface area contributed by atoms with Crippen LogP contribution in [0.1, 0.15) is 6.42 Å². The molecule has 0 saturated carbocycles. The average molecular weight is 272 g/mol. The van der Waals surface area contributed by atoms with Crippen molar-refractivity contribution in [2.75, 3.05) is 24.6 Å². The van der Waals surface area contributed by atoms with Crippen LogP contribution in [0.2, 0.25) is 0 Å². The highest BCUT2D eigenvalue weighted by Gasteiger charge is 2.01. The zero-order valence-corrected chi connectivity index (χ0v) is 10.1. The molecular formula is C10H14BrN3O. The van der Waals surface area contributed by atoms with Crippen LogP contribution >= 0.6 is 15.9 Å². The molecule has 4 N–H and O–H groups in total. The third kappa shape index (κ3) is 3.79. The van der Waals surface area contributed by atoms with E-state index in [0.29, 0.717) is 18.7 Å². The summed E-state index contributed by atoms with van der Waals surface area (Å²) in [5.41, 5.74) is 7.25. The van der Waals surface area contributed by atoms with Gasteiger partial charge in [-0.05, 0) is 34.1 Å². The van der Waals surface area contributed by atoms with Gasteiger partial charge < -0.3 is 16.4 Å². The Bertz CT molecular complexity index is 355. The van der Waals surface area contributed by atoms with E-state index in [-0.39, 0.29) is 5.91 Å². The molecule has 4 nitrogen and oxygen atoms in total. The van der Waals surface area contributed by atoms with Gasteiger partial charge in [-0.3, -0.25) is 4.79 Å². The molecule has 0 aliphatic heterocycles. The quantitative estimate of drug-likeness (QED) is 0.729. The van der Waals surface area contributed by atoms with Gasteiger partial charge in [0.05, 0.1) is 0 Å². The average Bonchev–Trinajstić information content (AvgIpc) is 2.21. The van der Waals surface area contributed by atoms with Gasteiger partial charge in [0.25, 0.3) is 0 Å². The van der Waals surface area contributed by atoms with Crippen LogP contribution in [0.3, 0.4) is 0 Å². The number of hydrogen-bond donors (Lipinski definition) is 3. The number of hydrogen-bond acceptors (Lipinski definition) is 3. The van der Waals surface area contributed by atoms with Crippen LogP contribution in [-0.2, 0) is 4.79 Å². The van der Waals surface area contributed by atoms with Gasteiger partial charge in [-0.25, -0.2) is 0 Å². The molecule has 5 heteroatoms. The maximum absolute atomic E-state index is 11.0. The highest BCUT2D eigenvalue weighted by atomic mass is 79.9. The van der Waals surface area contributed by atoms with Gasteiger partial charge in [0.15, 0.2) is 0 Å². The standard InChI is InChI=1S/C10H14BrN3O/c1-13-10(15)4-5-14-9-3-2-7(12)6-8(9)11/h2-3,6,14H,4-5,12H2,1H3,(H,13,15). The summed E-state index contributed by atoms with van der Waals surface area (Å²) in [6.07, 6.45) is 0.452. The van der Waals surface area contributed by atoms with E-state index < -0.39 is 0 Å². The summed E-state index contributed by atoms with van der Waals surface area (Å²) in [7, 11) is 1.63. The second kappa shape index (κ2) is 5.60. The van der Waals surface area contributed by atoms with Gasteiger partial charge in [0, 0.05) is 35.9 Å². The number of halogens is 1. The number of rotatable bonds is 4. The first kappa shape index (κ1) is 11.8. The summed E-state index contributed by atoms with van der Waals surface area (Å²) < 4.78 is 0.902. The first-order valence-corrected chi connectivity index (χ1v) is 5.42. The molecule has 0 aliphatic carbocycles. The number of anilines is 2. The first-order chi connectivity index (χ1) is 7.13. The largest absolute Gasteiger partial charge is 0.399 e. The Hall–Kier alpha value is -1.23. The molecule has 82 valence electrons. The van der Waals surface area contributed by atoms with Gasteiger partial charge in [-0.1, -0.05) is 0 Å². The Morgan fingerprint density at radius 2 is 2.27 bits per heavy atom. The SMILES string of the molecule is CNC(=O)CCNc1ccc(N)cc1Br. The summed E-state index contributed by atoms with van der Waals surface area (Å²) in [5.74, 6) is 0.0223. The normalized spacial score (nSPS) is 9.73. The van der Waals surface area contributed by atoms with Crippen LogP contribution in [-0.4, -0.2) is 19.5 Å². The third-order valence-corrected chi connectivity index (χ3v) is 2.60. The fourth-order valence-corrected chi connectivity index (χ4v) is 1.65. The lowest BCUT2D eigenvalue weighted by Crippen LogP contribution is -2.20. The van der Waals surface area contributed by atoms with E-state index in [9.17, 15) is 4.79 Å². The third-order valence-electron chi connectivity index (χ3n) is 1.94. The highest BCUT2D eigenvalue weighted by Crippen LogP contribution is 2.24. The molecule has 0 bridgehead atoms. The van der Waals surface area contributed by atoms with E-state index in [4.69, 9.17) is 5.73 Å². The van der Waals surface area contributed by atoms with Gasteiger partial charge >= 0.3 is 0 Å². The van der Waals surface area contributed by atoms with Gasteiger partial charge in [-0.2, -0.15) is 0 Å². The fraction of sp³-hybridized carbons (Fsp3) is 0.300. The topological polar surface area (TPSA) is 67.2 Å². The van der Waals surface area contributed by atoms with Gasteiger partial charge in [0.2, 0.25) is 5.91 Å². The Kier molecular flexibility index (Phi) is 4.42. The lowest BCUT2D eigenvalue weighted by atomic mass is 10.3. The Morgan fingerprint density at radius 1 is 1.53 bits per heavy atom. The van der Waals surface area contributed by atoms with Crippen molar-refractivity contribution < 1.29 is 4.79 Å². The predicted octanol–water partition coefficient (Wildman–Crippen LogP) is 1.58. The smallest absolute Gasteiger partial charge is 0.221 e. The number of nitrogen functional groups attached to an aromatic ring is 1. The lowest BCUT2D eigenvalue weighted by Gasteiger charge is -2.08. The molecule has 0 spiro atoms. The number of carbonyl (C=O) groups excluding carboxylic acids is 1. The number of benzene rings is 1. The molecule has 0 fully saturated rings. The molecule has 0 aliphatic rings. The molecule has 1 rings (SSSR count). The van der Waals surface area contributed by atoms with Crippen molar-refractivity contribution in [3.05, 3.63) is 22.7 Å². The van der Waals surface area contributed by atoms with Crippen LogP contribution in [0.25, 0.3) is 0 Å². The van der Waals surface area contributed by atoms with E-state index in [1.807, 2.05) is 18.2 Å². The summed E-state index contributed by atoms with van der Waals surface area (Å²) >= 11 is 3.39. The van der Waals surface area contributed by atoms with Crippen molar-refractivity contribution >= 4 is 33.2 Å². The molecule has 15 heavy (non-hydrogen) atoms. The number of carbonyl (C=O) groups is 1. The van der Waals surface area contributed by atoms with E-state index >= 15 is 0 Å². The zero-order chi connectivity index (χ0) is 11.3. The molecule has 0 radical (unpaired) electrons. The Labute approximate surface area is 97.4 Å². The molecule has 0 aromatic heterocycles. The molecule has 1 aromatic carbocycles. The Balaban J connectivity index is 2.47. The van der Waals surface area contributed by atoms with Gasteiger partial charge in [0.1, 0.15) is 0 Å². The van der Waals surface area contributed by atoms with Crippen LogP contribution in [0, 0.1) is 0 Å². The fourth-order valence-electron chi connectivity index (χ4n) is 1.11. The van der Waals surface area contributed by atoms with E-state index in [1.165, 1.54) is 0 Å². The minimum absolute atomic E-state index is 0.0223.